The van der Waals surface area contributed by atoms with Gasteiger partial charge in [0, 0.05) is 0 Å². The van der Waals surface area contributed by atoms with Crippen LogP contribution < -0.4 is 5.32 Å². The lowest BCUT2D eigenvalue weighted by Gasteiger charge is -2.42. The van der Waals surface area contributed by atoms with Gasteiger partial charge in [-0.3, -0.25) is 14.9 Å². The van der Waals surface area contributed by atoms with Crippen LogP contribution in [0.4, 0.5) is 18.0 Å². The fourth-order valence-corrected chi connectivity index (χ4v) is 5.47. The number of rotatable bonds is 2. The normalized spacial score (nSPS) is 20.7. The lowest BCUT2D eigenvalue weighted by atomic mass is 9.62. The van der Waals surface area contributed by atoms with Crippen molar-refractivity contribution in [2.45, 2.75) is 64.5 Å². The van der Waals surface area contributed by atoms with E-state index < -0.39 is 22.9 Å². The molecule has 2 aromatic carbocycles. The second kappa shape index (κ2) is 7.76. The Hall–Kier alpha value is -2.54. The van der Waals surface area contributed by atoms with Gasteiger partial charge in [-0.25, -0.2) is 0 Å². The van der Waals surface area contributed by atoms with E-state index in [0.29, 0.717) is 16.7 Å². The Morgan fingerprint density at radius 2 is 1.61 bits per heavy atom. The quantitative estimate of drug-likeness (QED) is 0.464. The van der Waals surface area contributed by atoms with Crippen molar-refractivity contribution in [2.75, 3.05) is 0 Å². The van der Waals surface area contributed by atoms with E-state index in [9.17, 15) is 22.8 Å². The predicted molar refractivity (Wildman–Crippen MR) is 126 cm³/mol. The second-order valence-corrected chi connectivity index (χ2v) is 11.1. The van der Waals surface area contributed by atoms with Crippen molar-refractivity contribution >= 4 is 29.0 Å². The number of fused-ring (bicyclic) bond motifs is 1. The summed E-state index contributed by atoms with van der Waals surface area (Å²) in [6.07, 6.45) is -1.36. The van der Waals surface area contributed by atoms with Crippen LogP contribution in [0.15, 0.2) is 35.2 Å². The minimum absolute atomic E-state index is 0.103. The van der Waals surface area contributed by atoms with Crippen LogP contribution in [0.1, 0.15) is 68.4 Å². The van der Waals surface area contributed by atoms with Gasteiger partial charge in [-0.2, -0.15) is 13.2 Å². The van der Waals surface area contributed by atoms with Crippen molar-refractivity contribution in [1.82, 2.24) is 5.32 Å². The molecule has 1 aliphatic heterocycles. The van der Waals surface area contributed by atoms with Crippen LogP contribution in [0.25, 0.3) is 17.2 Å². The predicted octanol–water partition coefficient (Wildman–Crippen LogP) is 7.35. The van der Waals surface area contributed by atoms with Crippen LogP contribution in [-0.4, -0.2) is 11.1 Å². The summed E-state index contributed by atoms with van der Waals surface area (Å²) in [4.78, 5) is 23.9. The van der Waals surface area contributed by atoms with E-state index >= 15 is 0 Å². The smallest absolute Gasteiger partial charge is 0.282 e. The molecule has 0 aromatic heterocycles. The average Bonchev–Trinajstić information content (AvgIpc) is 3.01. The van der Waals surface area contributed by atoms with Gasteiger partial charge in [-0.1, -0.05) is 45.9 Å². The molecule has 1 saturated heterocycles. The Morgan fingerprint density at radius 3 is 2.15 bits per heavy atom. The number of hydrogen-bond acceptors (Lipinski definition) is 3. The van der Waals surface area contributed by atoms with Crippen molar-refractivity contribution < 1.29 is 22.8 Å². The minimum atomic E-state index is -4.55. The van der Waals surface area contributed by atoms with Gasteiger partial charge >= 0.3 is 6.18 Å². The summed E-state index contributed by atoms with van der Waals surface area (Å²) in [5.41, 5.74) is 2.01. The first-order valence-electron chi connectivity index (χ1n) is 10.8. The van der Waals surface area contributed by atoms with Crippen LogP contribution >= 0.6 is 11.8 Å². The Labute approximate surface area is 195 Å². The van der Waals surface area contributed by atoms with Gasteiger partial charge in [0.1, 0.15) is 0 Å². The summed E-state index contributed by atoms with van der Waals surface area (Å²) < 4.78 is 43.2. The molecule has 1 heterocycles. The van der Waals surface area contributed by atoms with E-state index in [2.05, 4.69) is 19.2 Å². The molecule has 0 saturated carbocycles. The van der Waals surface area contributed by atoms with Crippen molar-refractivity contribution in [3.63, 3.8) is 0 Å². The number of imide groups is 1. The molecule has 33 heavy (non-hydrogen) atoms. The van der Waals surface area contributed by atoms with E-state index in [4.69, 9.17) is 0 Å². The lowest BCUT2D eigenvalue weighted by Crippen LogP contribution is -2.34. The summed E-state index contributed by atoms with van der Waals surface area (Å²) in [5.74, 6) is -0.540. The number of carbonyl (C=O) groups is 2. The Kier molecular flexibility index (Phi) is 5.55. The Morgan fingerprint density at radius 1 is 1.00 bits per heavy atom. The van der Waals surface area contributed by atoms with Crippen molar-refractivity contribution in [3.8, 4) is 11.1 Å². The van der Waals surface area contributed by atoms with Crippen molar-refractivity contribution in [3.05, 3.63) is 63.1 Å². The summed E-state index contributed by atoms with van der Waals surface area (Å²) in [7, 11) is 0. The number of aryl methyl sites for hydroxylation is 1. The number of nitrogens with one attached hydrogen (secondary N) is 1. The zero-order chi connectivity index (χ0) is 24.3. The molecule has 0 unspecified atom stereocenters. The molecular weight excluding hydrogens is 447 g/mol. The highest BCUT2D eigenvalue weighted by atomic mass is 32.2. The minimum Gasteiger partial charge on any atom is -0.282 e. The Balaban J connectivity index is 2.04. The van der Waals surface area contributed by atoms with E-state index in [0.717, 1.165) is 35.7 Å². The number of carbonyl (C=O) groups excluding carboxylic acids is 2. The third-order valence-corrected chi connectivity index (χ3v) is 7.61. The third-order valence-electron chi connectivity index (χ3n) is 6.80. The highest BCUT2D eigenvalue weighted by Gasteiger charge is 2.42. The van der Waals surface area contributed by atoms with Gasteiger partial charge in [0.25, 0.3) is 11.1 Å². The van der Waals surface area contributed by atoms with Crippen LogP contribution in [0.2, 0.25) is 0 Å². The largest absolute Gasteiger partial charge is 0.417 e. The molecular formula is C26H26F3NO2S. The number of benzene rings is 2. The average molecular weight is 474 g/mol. The number of hydrogen-bond donors (Lipinski definition) is 1. The fraction of sp³-hybridized carbons (Fsp3) is 0.385. The molecule has 174 valence electrons. The fourth-order valence-electron chi connectivity index (χ4n) is 4.80. The summed E-state index contributed by atoms with van der Waals surface area (Å²) in [6, 6.07) is 8.22. The summed E-state index contributed by atoms with van der Waals surface area (Å²) >= 11 is 0.750. The molecule has 3 nitrogen and oxygen atoms in total. The first-order chi connectivity index (χ1) is 15.2. The first kappa shape index (κ1) is 23.6. The molecule has 4 rings (SSSR count). The number of alkyl halides is 3. The standard InChI is InChI=1S/C26H26F3NO2S/c1-14-7-6-8-15(11-20-22(31)30-23(32)33-20)21(14)16-12-18-19(13-17(16)26(27,28)29)25(4,5)10-9-24(18,2)3/h6-8,11-13H,9-10H2,1-5H3,(H,30,31,32)/b20-11+. The Bertz CT molecular complexity index is 1210. The van der Waals surface area contributed by atoms with Crippen molar-refractivity contribution in [2.24, 2.45) is 0 Å². The van der Waals surface area contributed by atoms with E-state index in [-0.39, 0.29) is 21.3 Å². The van der Waals surface area contributed by atoms with Crippen LogP contribution in [0.3, 0.4) is 0 Å². The molecule has 1 aliphatic carbocycles. The molecule has 1 fully saturated rings. The van der Waals surface area contributed by atoms with Crippen LogP contribution in [0, 0.1) is 6.92 Å². The van der Waals surface area contributed by atoms with Gasteiger partial charge in [-0.05, 0) is 93.9 Å². The molecule has 2 amide bonds. The van der Waals surface area contributed by atoms with Crippen molar-refractivity contribution in [1.29, 1.82) is 0 Å². The molecule has 7 heteroatoms. The van der Waals surface area contributed by atoms with Gasteiger partial charge < -0.3 is 0 Å². The number of halogens is 3. The molecule has 2 aromatic rings. The van der Waals surface area contributed by atoms with Gasteiger partial charge in [0.2, 0.25) is 0 Å². The topological polar surface area (TPSA) is 46.2 Å². The third kappa shape index (κ3) is 4.23. The van der Waals surface area contributed by atoms with Gasteiger partial charge in [0.05, 0.1) is 10.5 Å². The summed E-state index contributed by atoms with van der Waals surface area (Å²) in [5, 5.41) is 1.70. The molecule has 1 N–H and O–H groups in total. The van der Waals surface area contributed by atoms with Gasteiger partial charge in [-0.15, -0.1) is 0 Å². The SMILES string of the molecule is Cc1cccc(/C=C2/SC(=O)NC2=O)c1-c1cc2c(cc1C(F)(F)F)C(C)(C)CCC2(C)C. The van der Waals surface area contributed by atoms with E-state index in [1.54, 1.807) is 31.2 Å². The number of amides is 2. The zero-order valence-electron chi connectivity index (χ0n) is 19.2. The first-order valence-corrected chi connectivity index (χ1v) is 11.6. The highest BCUT2D eigenvalue weighted by molar-refractivity contribution is 8.18. The van der Waals surface area contributed by atoms with Crippen LogP contribution in [0.5, 0.6) is 0 Å². The maximum Gasteiger partial charge on any atom is 0.417 e. The molecule has 0 spiro atoms. The lowest BCUT2D eigenvalue weighted by molar-refractivity contribution is -0.137. The molecule has 2 aliphatic rings. The van der Waals surface area contributed by atoms with E-state index in [1.807, 2.05) is 13.8 Å². The molecule has 0 atom stereocenters. The zero-order valence-corrected chi connectivity index (χ0v) is 20.1. The second-order valence-electron chi connectivity index (χ2n) is 10.1. The number of thioether (sulfide) groups is 1. The monoisotopic (exact) mass is 473 g/mol. The molecule has 0 bridgehead atoms. The summed E-state index contributed by atoms with van der Waals surface area (Å²) in [6.45, 7) is 9.90. The maximum atomic E-state index is 14.4. The maximum absolute atomic E-state index is 14.4. The van der Waals surface area contributed by atoms with Gasteiger partial charge in [0.15, 0.2) is 0 Å². The molecule has 0 radical (unpaired) electrons. The highest BCUT2D eigenvalue weighted by Crippen LogP contribution is 2.50. The van der Waals surface area contributed by atoms with E-state index in [1.165, 1.54) is 12.1 Å². The van der Waals surface area contributed by atoms with Crippen LogP contribution in [-0.2, 0) is 21.8 Å².